The van der Waals surface area contributed by atoms with Crippen molar-refractivity contribution in [3.8, 4) is 0 Å². The van der Waals surface area contributed by atoms with E-state index in [2.05, 4.69) is 20.8 Å². The van der Waals surface area contributed by atoms with Crippen molar-refractivity contribution >= 4 is 8.41 Å². The van der Waals surface area contributed by atoms with Crippen LogP contribution in [-0.4, -0.2) is 8.41 Å². The highest BCUT2D eigenvalue weighted by molar-refractivity contribution is 5.75. The molecule has 0 saturated carbocycles. The summed E-state index contributed by atoms with van der Waals surface area (Å²) in [6, 6.07) is 0. The van der Waals surface area contributed by atoms with Crippen molar-refractivity contribution in [2.45, 2.75) is 42.0 Å². The summed E-state index contributed by atoms with van der Waals surface area (Å²) in [7, 11) is 0. The summed E-state index contributed by atoms with van der Waals surface area (Å²) in [6.45, 7) is 10.5. The molecule has 0 spiro atoms. The molecule has 0 aliphatic carbocycles. The van der Waals surface area contributed by atoms with E-state index in [0.717, 1.165) is 5.92 Å². The first kappa shape index (κ1) is 24.4. The van der Waals surface area contributed by atoms with Gasteiger partial charge in [0.15, 0.2) is 0 Å². The minimum atomic E-state index is 0. The summed E-state index contributed by atoms with van der Waals surface area (Å²) in [6.07, 6.45) is 0. The fraction of sp³-hybridized carbons (Fsp3) is 1.00. The van der Waals surface area contributed by atoms with Gasteiger partial charge < -0.3 is 0 Å². The molecule has 0 amide bonds. The van der Waals surface area contributed by atoms with E-state index < -0.39 is 0 Å². The van der Waals surface area contributed by atoms with E-state index in [1.165, 1.54) is 0 Å². The van der Waals surface area contributed by atoms with E-state index >= 15 is 0 Å². The predicted molar refractivity (Wildman–Crippen MR) is 44.3 cm³/mol. The average molecular weight is 115 g/mol. The van der Waals surface area contributed by atoms with Crippen molar-refractivity contribution in [1.82, 2.24) is 0 Å². The van der Waals surface area contributed by atoms with Crippen LogP contribution in [0.25, 0.3) is 0 Å². The van der Waals surface area contributed by atoms with Crippen LogP contribution in [-0.2, 0) is 0 Å². The van der Waals surface area contributed by atoms with Crippen molar-refractivity contribution in [2.75, 3.05) is 0 Å². The molecule has 0 nitrogen and oxygen atoms in total. The topological polar surface area (TPSA) is 0 Å². The second kappa shape index (κ2) is 27.7. The molecule has 0 fully saturated rings. The molecule has 0 rings (SSSR count). The van der Waals surface area contributed by atoms with Crippen LogP contribution < -0.4 is 0 Å². The largest absolute Gasteiger partial charge is 0.0776 e. The van der Waals surface area contributed by atoms with Gasteiger partial charge >= 0.3 is 0 Å². The van der Waals surface area contributed by atoms with Crippen molar-refractivity contribution in [3.63, 3.8) is 0 Å². The van der Waals surface area contributed by atoms with Crippen LogP contribution in [0.3, 0.4) is 0 Å². The lowest BCUT2D eigenvalue weighted by molar-refractivity contribution is 0.737. The van der Waals surface area contributed by atoms with E-state index in [1.54, 1.807) is 0 Å². The molecule has 0 aromatic carbocycles. The molecular formula is C7H20B. The Hall–Kier alpha value is 0.0649. The van der Waals surface area contributed by atoms with E-state index in [1.807, 2.05) is 13.8 Å². The quantitative estimate of drug-likeness (QED) is 0.426. The molecule has 1 heteroatoms. The third kappa shape index (κ3) is 36900. The summed E-state index contributed by atoms with van der Waals surface area (Å²) < 4.78 is 0. The standard InChI is InChI=1S/C4H10.C2H6.CH4.B/c1-4(2)3;1-2;;/h4H,1-3H3;1-2H3;1H4;. The molecule has 51 valence electrons. The van der Waals surface area contributed by atoms with Crippen molar-refractivity contribution in [1.29, 1.82) is 0 Å². The average Bonchev–Trinajstić information content (AvgIpc) is 1.41. The number of hydrogen-bond acceptors (Lipinski definition) is 0. The second-order valence-electron chi connectivity index (χ2n) is 1.73. The van der Waals surface area contributed by atoms with Gasteiger partial charge in [-0.3, -0.25) is 0 Å². The zero-order valence-electron chi connectivity index (χ0n) is 6.15. The van der Waals surface area contributed by atoms with E-state index in [4.69, 9.17) is 0 Å². The van der Waals surface area contributed by atoms with Gasteiger partial charge in [-0.05, 0) is 5.92 Å². The molecule has 0 aliphatic heterocycles. The molecule has 0 N–H and O–H groups in total. The van der Waals surface area contributed by atoms with Crippen LogP contribution in [0.2, 0.25) is 0 Å². The third-order valence-corrected chi connectivity index (χ3v) is 0. The smallest absolute Gasteiger partial charge is 0 e. The van der Waals surface area contributed by atoms with Crippen LogP contribution in [0.15, 0.2) is 0 Å². The summed E-state index contributed by atoms with van der Waals surface area (Å²) in [5, 5.41) is 0. The van der Waals surface area contributed by atoms with E-state index in [-0.39, 0.29) is 15.8 Å². The van der Waals surface area contributed by atoms with E-state index in [9.17, 15) is 0 Å². The fourth-order valence-corrected chi connectivity index (χ4v) is 0. The van der Waals surface area contributed by atoms with Crippen molar-refractivity contribution in [3.05, 3.63) is 0 Å². The molecule has 0 saturated heterocycles. The predicted octanol–water partition coefficient (Wildman–Crippen LogP) is 2.94. The maximum atomic E-state index is 2.17. The van der Waals surface area contributed by atoms with Crippen molar-refractivity contribution < 1.29 is 0 Å². The van der Waals surface area contributed by atoms with Crippen LogP contribution in [0.1, 0.15) is 42.0 Å². The SMILES string of the molecule is C.CC.CC(C)C.[B]. The van der Waals surface area contributed by atoms with Gasteiger partial charge in [0.1, 0.15) is 0 Å². The summed E-state index contributed by atoms with van der Waals surface area (Å²) >= 11 is 0. The van der Waals surface area contributed by atoms with E-state index in [0.29, 0.717) is 0 Å². The minimum absolute atomic E-state index is 0. The molecule has 0 unspecified atom stereocenters. The Morgan fingerprint density at radius 1 is 0.875 bits per heavy atom. The van der Waals surface area contributed by atoms with Gasteiger partial charge in [-0.15, -0.1) is 0 Å². The Bertz CT molecular complexity index is 9.10. The lowest BCUT2D eigenvalue weighted by Gasteiger charge is -1.79. The first-order valence-corrected chi connectivity index (χ1v) is 2.73. The molecule has 8 heavy (non-hydrogen) atoms. The first-order valence-electron chi connectivity index (χ1n) is 2.73. The van der Waals surface area contributed by atoms with Crippen LogP contribution in [0.5, 0.6) is 0 Å². The number of hydrogen-bond donors (Lipinski definition) is 0. The third-order valence-electron chi connectivity index (χ3n) is 0. The Morgan fingerprint density at radius 3 is 0.875 bits per heavy atom. The highest BCUT2D eigenvalue weighted by atomic mass is 13.7. The Kier molecular flexibility index (Phi) is 84.2. The number of rotatable bonds is 0. The molecule has 0 bridgehead atoms. The van der Waals surface area contributed by atoms with Gasteiger partial charge in [0.25, 0.3) is 0 Å². The second-order valence-corrected chi connectivity index (χ2v) is 1.73. The molecule has 0 aromatic heterocycles. The van der Waals surface area contributed by atoms with Crippen LogP contribution in [0, 0.1) is 5.92 Å². The van der Waals surface area contributed by atoms with Gasteiger partial charge in [0.2, 0.25) is 0 Å². The highest BCUT2D eigenvalue weighted by Gasteiger charge is 1.68. The van der Waals surface area contributed by atoms with Crippen molar-refractivity contribution in [2.24, 2.45) is 5.92 Å². The summed E-state index contributed by atoms with van der Waals surface area (Å²) in [5.74, 6) is 0.833. The Balaban J connectivity index is -0.0000000183. The lowest BCUT2D eigenvalue weighted by atomic mass is 10.3. The molecule has 3 radical (unpaired) electrons. The van der Waals surface area contributed by atoms with Crippen LogP contribution >= 0.6 is 0 Å². The summed E-state index contributed by atoms with van der Waals surface area (Å²) in [4.78, 5) is 0. The molecule has 0 heterocycles. The fourth-order valence-electron chi connectivity index (χ4n) is 0. The molecule has 0 aliphatic rings. The Morgan fingerprint density at radius 2 is 0.875 bits per heavy atom. The molecule has 0 atom stereocenters. The maximum absolute atomic E-state index is 2.17. The maximum Gasteiger partial charge on any atom is 0 e. The zero-order chi connectivity index (χ0) is 5.58. The zero-order valence-corrected chi connectivity index (χ0v) is 6.15. The molecular weight excluding hydrogens is 94.9 g/mol. The van der Waals surface area contributed by atoms with Crippen LogP contribution in [0.4, 0.5) is 0 Å². The highest BCUT2D eigenvalue weighted by Crippen LogP contribution is 1.81. The van der Waals surface area contributed by atoms with Gasteiger partial charge in [-0.25, -0.2) is 0 Å². The minimum Gasteiger partial charge on any atom is -0.0776 e. The summed E-state index contributed by atoms with van der Waals surface area (Å²) in [5.41, 5.74) is 0. The molecule has 0 aromatic rings. The van der Waals surface area contributed by atoms with Gasteiger partial charge in [-0.1, -0.05) is 42.0 Å². The van der Waals surface area contributed by atoms with Gasteiger partial charge in [-0.2, -0.15) is 0 Å². The monoisotopic (exact) mass is 115 g/mol. The lowest BCUT2D eigenvalue weighted by Crippen LogP contribution is -1.66. The Labute approximate surface area is 57.3 Å². The first-order chi connectivity index (χ1) is 2.73. The van der Waals surface area contributed by atoms with Gasteiger partial charge in [0.05, 0.1) is 0 Å². The van der Waals surface area contributed by atoms with Gasteiger partial charge in [0, 0.05) is 8.41 Å². The normalized spacial score (nSPS) is 5.25.